The Kier molecular flexibility index (Phi) is 5.88. The predicted octanol–water partition coefficient (Wildman–Crippen LogP) is -1.08. The van der Waals surface area contributed by atoms with Crippen LogP contribution in [0.2, 0.25) is 0 Å². The second kappa shape index (κ2) is 6.36. The minimum absolute atomic E-state index is 0.0657. The molecule has 0 spiro atoms. The van der Waals surface area contributed by atoms with E-state index in [9.17, 15) is 9.59 Å². The highest BCUT2D eigenvalue weighted by molar-refractivity contribution is 5.86. The standard InChI is InChI=1S/C9H18N2O4/c1-5(2)7(4-12)11-9(15)6(10)3-8(13)14/h5-7,12H,3-4,10H2,1-2H3,(H,11,15)(H,13,14)/t6-,7-/m0/s1. The van der Waals surface area contributed by atoms with Crippen molar-refractivity contribution in [1.29, 1.82) is 0 Å². The molecule has 0 bridgehead atoms. The van der Waals surface area contributed by atoms with Crippen molar-refractivity contribution in [1.82, 2.24) is 5.32 Å². The van der Waals surface area contributed by atoms with Crippen LogP contribution in [0.15, 0.2) is 0 Å². The van der Waals surface area contributed by atoms with Crippen LogP contribution in [-0.4, -0.2) is 40.8 Å². The lowest BCUT2D eigenvalue weighted by Gasteiger charge is -2.21. The summed E-state index contributed by atoms with van der Waals surface area (Å²) < 4.78 is 0. The molecule has 0 saturated heterocycles. The van der Waals surface area contributed by atoms with Gasteiger partial charge in [-0.2, -0.15) is 0 Å². The summed E-state index contributed by atoms with van der Waals surface area (Å²) in [5.74, 6) is -1.61. The second-order valence-electron chi connectivity index (χ2n) is 3.75. The van der Waals surface area contributed by atoms with Gasteiger partial charge in [0.2, 0.25) is 5.91 Å². The van der Waals surface area contributed by atoms with Crippen molar-refractivity contribution in [3.8, 4) is 0 Å². The van der Waals surface area contributed by atoms with Crippen molar-refractivity contribution in [2.45, 2.75) is 32.4 Å². The molecule has 0 heterocycles. The number of rotatable bonds is 6. The third-order valence-electron chi connectivity index (χ3n) is 2.06. The molecule has 0 aliphatic carbocycles. The van der Waals surface area contributed by atoms with Gasteiger partial charge in [0.15, 0.2) is 0 Å². The number of nitrogens with two attached hydrogens (primary N) is 1. The van der Waals surface area contributed by atoms with Gasteiger partial charge in [-0.05, 0) is 5.92 Å². The zero-order chi connectivity index (χ0) is 12.0. The van der Waals surface area contributed by atoms with Crippen LogP contribution >= 0.6 is 0 Å². The van der Waals surface area contributed by atoms with E-state index < -0.39 is 30.4 Å². The van der Waals surface area contributed by atoms with Crippen LogP contribution in [0.5, 0.6) is 0 Å². The molecule has 0 aromatic rings. The highest BCUT2D eigenvalue weighted by Gasteiger charge is 2.21. The van der Waals surface area contributed by atoms with Gasteiger partial charge in [-0.25, -0.2) is 0 Å². The van der Waals surface area contributed by atoms with Gasteiger partial charge < -0.3 is 21.3 Å². The Morgan fingerprint density at radius 1 is 1.40 bits per heavy atom. The number of carbonyl (C=O) groups excluding carboxylic acids is 1. The van der Waals surface area contributed by atoms with Crippen molar-refractivity contribution in [3.63, 3.8) is 0 Å². The van der Waals surface area contributed by atoms with E-state index >= 15 is 0 Å². The first-order valence-corrected chi connectivity index (χ1v) is 4.77. The number of aliphatic carboxylic acids is 1. The molecule has 0 aromatic carbocycles. The summed E-state index contributed by atoms with van der Waals surface area (Å²) in [5.41, 5.74) is 5.35. The van der Waals surface area contributed by atoms with Crippen LogP contribution in [0.1, 0.15) is 20.3 Å². The van der Waals surface area contributed by atoms with Crippen molar-refractivity contribution in [2.75, 3.05) is 6.61 Å². The Bertz CT molecular complexity index is 230. The number of hydrogen-bond donors (Lipinski definition) is 4. The fourth-order valence-corrected chi connectivity index (χ4v) is 0.994. The third-order valence-corrected chi connectivity index (χ3v) is 2.06. The molecule has 0 aliphatic rings. The zero-order valence-electron chi connectivity index (χ0n) is 8.93. The lowest BCUT2D eigenvalue weighted by atomic mass is 10.0. The van der Waals surface area contributed by atoms with Crippen LogP contribution in [0.25, 0.3) is 0 Å². The summed E-state index contributed by atoms with van der Waals surface area (Å²) in [5, 5.41) is 19.9. The van der Waals surface area contributed by atoms with E-state index in [1.54, 1.807) is 0 Å². The van der Waals surface area contributed by atoms with Crippen LogP contribution < -0.4 is 11.1 Å². The number of nitrogens with one attached hydrogen (secondary N) is 1. The van der Waals surface area contributed by atoms with Gasteiger partial charge in [0, 0.05) is 0 Å². The van der Waals surface area contributed by atoms with E-state index in [0.717, 1.165) is 0 Å². The molecule has 0 unspecified atom stereocenters. The molecule has 0 radical (unpaired) electrons. The number of hydrogen-bond acceptors (Lipinski definition) is 4. The SMILES string of the molecule is CC(C)[C@H](CO)NC(=O)[C@@H](N)CC(=O)O. The van der Waals surface area contributed by atoms with E-state index in [2.05, 4.69) is 5.32 Å². The Morgan fingerprint density at radius 3 is 2.27 bits per heavy atom. The lowest BCUT2D eigenvalue weighted by molar-refractivity contribution is -0.139. The fraction of sp³-hybridized carbons (Fsp3) is 0.778. The van der Waals surface area contributed by atoms with Crippen LogP contribution in [0, 0.1) is 5.92 Å². The fourth-order valence-electron chi connectivity index (χ4n) is 0.994. The molecular weight excluding hydrogens is 200 g/mol. The summed E-state index contributed by atoms with van der Waals surface area (Å²) in [6, 6.07) is -1.47. The lowest BCUT2D eigenvalue weighted by Crippen LogP contribution is -2.49. The Hall–Kier alpha value is -1.14. The molecule has 15 heavy (non-hydrogen) atoms. The minimum atomic E-state index is -1.12. The Labute approximate surface area is 88.5 Å². The van der Waals surface area contributed by atoms with Gasteiger partial charge in [-0.3, -0.25) is 9.59 Å². The molecule has 0 saturated carbocycles. The minimum Gasteiger partial charge on any atom is -0.481 e. The van der Waals surface area contributed by atoms with Gasteiger partial charge in [-0.1, -0.05) is 13.8 Å². The predicted molar refractivity (Wildman–Crippen MR) is 54.1 cm³/mol. The monoisotopic (exact) mass is 218 g/mol. The molecule has 88 valence electrons. The summed E-state index contributed by atoms with van der Waals surface area (Å²) in [7, 11) is 0. The number of aliphatic hydroxyl groups excluding tert-OH is 1. The van der Waals surface area contributed by atoms with Gasteiger partial charge >= 0.3 is 5.97 Å². The van der Waals surface area contributed by atoms with E-state index in [1.165, 1.54) is 0 Å². The molecule has 1 amide bonds. The molecule has 6 nitrogen and oxygen atoms in total. The largest absolute Gasteiger partial charge is 0.481 e. The number of aliphatic hydroxyl groups is 1. The van der Waals surface area contributed by atoms with Crippen molar-refractivity contribution in [2.24, 2.45) is 11.7 Å². The maximum absolute atomic E-state index is 11.3. The maximum Gasteiger partial charge on any atom is 0.305 e. The topological polar surface area (TPSA) is 113 Å². The molecular formula is C9H18N2O4. The number of carboxylic acid groups (broad SMARTS) is 1. The van der Waals surface area contributed by atoms with E-state index in [0.29, 0.717) is 0 Å². The number of amides is 1. The van der Waals surface area contributed by atoms with Gasteiger partial charge in [0.05, 0.1) is 25.1 Å². The van der Waals surface area contributed by atoms with Crippen LogP contribution in [-0.2, 0) is 9.59 Å². The maximum atomic E-state index is 11.3. The quantitative estimate of drug-likeness (QED) is 0.453. The van der Waals surface area contributed by atoms with E-state index in [4.69, 9.17) is 15.9 Å². The van der Waals surface area contributed by atoms with E-state index in [-0.39, 0.29) is 12.5 Å². The van der Waals surface area contributed by atoms with Crippen LogP contribution in [0.4, 0.5) is 0 Å². The van der Waals surface area contributed by atoms with Crippen molar-refractivity contribution < 1.29 is 19.8 Å². The molecule has 6 heteroatoms. The van der Waals surface area contributed by atoms with Crippen molar-refractivity contribution >= 4 is 11.9 Å². The Morgan fingerprint density at radius 2 is 1.93 bits per heavy atom. The average molecular weight is 218 g/mol. The second-order valence-corrected chi connectivity index (χ2v) is 3.75. The van der Waals surface area contributed by atoms with Gasteiger partial charge in [-0.15, -0.1) is 0 Å². The average Bonchev–Trinajstić information content (AvgIpc) is 2.11. The first kappa shape index (κ1) is 13.9. The first-order valence-electron chi connectivity index (χ1n) is 4.77. The smallest absolute Gasteiger partial charge is 0.305 e. The van der Waals surface area contributed by atoms with Crippen molar-refractivity contribution in [3.05, 3.63) is 0 Å². The summed E-state index contributed by atoms with van der Waals surface area (Å²) >= 11 is 0. The molecule has 0 fully saturated rings. The summed E-state index contributed by atoms with van der Waals surface area (Å²) in [6.45, 7) is 3.48. The molecule has 2 atom stereocenters. The zero-order valence-corrected chi connectivity index (χ0v) is 8.93. The highest BCUT2D eigenvalue weighted by atomic mass is 16.4. The third kappa shape index (κ3) is 5.34. The molecule has 0 rings (SSSR count). The first-order chi connectivity index (χ1) is 6.88. The summed E-state index contributed by atoms with van der Waals surface area (Å²) in [6.07, 6.45) is -0.415. The molecule has 5 N–H and O–H groups in total. The Balaban J connectivity index is 4.15. The van der Waals surface area contributed by atoms with Gasteiger partial charge in [0.1, 0.15) is 0 Å². The van der Waals surface area contributed by atoms with E-state index in [1.807, 2.05) is 13.8 Å². The molecule has 0 aromatic heterocycles. The number of carbonyl (C=O) groups is 2. The normalized spacial score (nSPS) is 14.7. The number of carboxylic acids is 1. The van der Waals surface area contributed by atoms with Crippen LogP contribution in [0.3, 0.4) is 0 Å². The summed E-state index contributed by atoms with van der Waals surface area (Å²) in [4.78, 5) is 21.6. The molecule has 0 aliphatic heterocycles. The van der Waals surface area contributed by atoms with Gasteiger partial charge in [0.25, 0.3) is 0 Å². The highest BCUT2D eigenvalue weighted by Crippen LogP contribution is 2.01.